The fourth-order valence-corrected chi connectivity index (χ4v) is 1.61. The highest BCUT2D eigenvalue weighted by molar-refractivity contribution is 5.95. The minimum Gasteiger partial charge on any atom is -0.467 e. The number of amides is 2. The van der Waals surface area contributed by atoms with Gasteiger partial charge in [-0.1, -0.05) is 0 Å². The predicted molar refractivity (Wildman–Crippen MR) is 68.3 cm³/mol. The van der Waals surface area contributed by atoms with Crippen molar-refractivity contribution in [3.63, 3.8) is 0 Å². The lowest BCUT2D eigenvalue weighted by Gasteiger charge is -2.06. The molecule has 0 aromatic carbocycles. The number of aromatic nitrogens is 1. The molecule has 2 heterocycles. The summed E-state index contributed by atoms with van der Waals surface area (Å²) in [7, 11) is 1.77. The summed E-state index contributed by atoms with van der Waals surface area (Å²) in [5.74, 6) is 0.127. The molecule has 0 saturated heterocycles. The summed E-state index contributed by atoms with van der Waals surface area (Å²) in [5, 5.41) is 5.20. The van der Waals surface area contributed by atoms with Gasteiger partial charge >= 0.3 is 0 Å². The number of hydrogen-bond donors (Lipinski definition) is 2. The number of nitrogens with one attached hydrogen (secondary N) is 2. The van der Waals surface area contributed by atoms with E-state index in [1.807, 2.05) is 0 Å². The number of rotatable bonds is 5. The third-order valence-corrected chi connectivity index (χ3v) is 2.63. The fraction of sp³-hybridized carbons (Fsp3) is 0.231. The molecule has 2 N–H and O–H groups in total. The Morgan fingerprint density at radius 2 is 2.11 bits per heavy atom. The molecular formula is C13H15N3O3. The third kappa shape index (κ3) is 3.48. The van der Waals surface area contributed by atoms with Gasteiger partial charge in [-0.25, -0.2) is 0 Å². The van der Waals surface area contributed by atoms with Gasteiger partial charge in [0.1, 0.15) is 11.5 Å². The smallest absolute Gasteiger partial charge is 0.268 e. The Morgan fingerprint density at radius 3 is 2.74 bits per heavy atom. The molecular weight excluding hydrogens is 246 g/mol. The Balaban J connectivity index is 1.74. The Morgan fingerprint density at radius 1 is 1.26 bits per heavy atom. The SMILES string of the molecule is Cn1cccc1C(=O)NCC(=O)NCc1ccco1. The van der Waals surface area contributed by atoms with Crippen LogP contribution in [0.3, 0.4) is 0 Å². The average Bonchev–Trinajstić information content (AvgIpc) is 3.04. The van der Waals surface area contributed by atoms with Crippen molar-refractivity contribution in [1.82, 2.24) is 15.2 Å². The molecule has 0 bridgehead atoms. The van der Waals surface area contributed by atoms with E-state index in [-0.39, 0.29) is 18.4 Å². The summed E-state index contributed by atoms with van der Waals surface area (Å²) in [6.07, 6.45) is 3.31. The molecule has 0 unspecified atom stereocenters. The Hall–Kier alpha value is -2.50. The van der Waals surface area contributed by atoms with Gasteiger partial charge in [0.15, 0.2) is 0 Å². The number of carbonyl (C=O) groups excluding carboxylic acids is 2. The summed E-state index contributed by atoms with van der Waals surface area (Å²) in [6, 6.07) is 6.98. The second-order valence-electron chi connectivity index (χ2n) is 4.04. The van der Waals surface area contributed by atoms with Gasteiger partial charge in [-0.05, 0) is 24.3 Å². The van der Waals surface area contributed by atoms with Crippen LogP contribution in [0.5, 0.6) is 0 Å². The van der Waals surface area contributed by atoms with Gasteiger partial charge in [0.2, 0.25) is 5.91 Å². The molecule has 0 fully saturated rings. The molecule has 0 aliphatic rings. The first-order valence-corrected chi connectivity index (χ1v) is 5.85. The number of nitrogens with zero attached hydrogens (tertiary/aromatic N) is 1. The first-order valence-electron chi connectivity index (χ1n) is 5.85. The van der Waals surface area contributed by atoms with Crippen LogP contribution in [-0.4, -0.2) is 22.9 Å². The van der Waals surface area contributed by atoms with E-state index in [2.05, 4.69) is 10.6 Å². The van der Waals surface area contributed by atoms with Crippen LogP contribution in [0.15, 0.2) is 41.1 Å². The molecule has 6 heteroatoms. The minimum absolute atomic E-state index is 0.0648. The molecule has 6 nitrogen and oxygen atoms in total. The summed E-state index contributed by atoms with van der Waals surface area (Å²) in [5.41, 5.74) is 0.513. The maximum atomic E-state index is 11.7. The van der Waals surface area contributed by atoms with Gasteiger partial charge in [0, 0.05) is 13.2 Å². The lowest BCUT2D eigenvalue weighted by Crippen LogP contribution is -2.37. The average molecular weight is 261 g/mol. The van der Waals surface area contributed by atoms with Crippen molar-refractivity contribution in [3.05, 3.63) is 48.2 Å². The van der Waals surface area contributed by atoms with Crippen molar-refractivity contribution in [2.75, 3.05) is 6.54 Å². The lowest BCUT2D eigenvalue weighted by atomic mass is 10.4. The van der Waals surface area contributed by atoms with Gasteiger partial charge in [0.05, 0.1) is 19.4 Å². The highest BCUT2D eigenvalue weighted by Crippen LogP contribution is 1.99. The Kier molecular flexibility index (Phi) is 4.02. The van der Waals surface area contributed by atoms with E-state index in [0.29, 0.717) is 18.0 Å². The van der Waals surface area contributed by atoms with E-state index in [1.54, 1.807) is 48.3 Å². The van der Waals surface area contributed by atoms with E-state index in [9.17, 15) is 9.59 Å². The molecule has 2 amide bonds. The second kappa shape index (κ2) is 5.90. The van der Waals surface area contributed by atoms with Crippen molar-refractivity contribution in [3.8, 4) is 0 Å². The zero-order chi connectivity index (χ0) is 13.7. The van der Waals surface area contributed by atoms with Gasteiger partial charge in [0.25, 0.3) is 5.91 Å². The monoisotopic (exact) mass is 261 g/mol. The summed E-state index contributed by atoms with van der Waals surface area (Å²) in [6.45, 7) is 0.247. The quantitative estimate of drug-likeness (QED) is 0.830. The van der Waals surface area contributed by atoms with Crippen molar-refractivity contribution in [2.24, 2.45) is 7.05 Å². The Bertz CT molecular complexity index is 557. The molecule has 2 rings (SSSR count). The molecule has 19 heavy (non-hydrogen) atoms. The van der Waals surface area contributed by atoms with Gasteiger partial charge in [-0.15, -0.1) is 0 Å². The zero-order valence-corrected chi connectivity index (χ0v) is 10.6. The Labute approximate surface area is 110 Å². The molecule has 0 saturated carbocycles. The van der Waals surface area contributed by atoms with Crippen LogP contribution in [-0.2, 0) is 18.4 Å². The predicted octanol–water partition coefficient (Wildman–Crippen LogP) is 0.664. The standard InChI is InChI=1S/C13H15N3O3/c1-16-6-2-5-11(16)13(18)15-9-12(17)14-8-10-4-3-7-19-10/h2-7H,8-9H2,1H3,(H,14,17)(H,15,18). The number of hydrogen-bond acceptors (Lipinski definition) is 3. The van der Waals surface area contributed by atoms with E-state index >= 15 is 0 Å². The highest BCUT2D eigenvalue weighted by Gasteiger charge is 2.10. The topological polar surface area (TPSA) is 76.3 Å². The second-order valence-corrected chi connectivity index (χ2v) is 4.04. The third-order valence-electron chi connectivity index (χ3n) is 2.63. The van der Waals surface area contributed by atoms with E-state index in [1.165, 1.54) is 0 Å². The number of carbonyl (C=O) groups is 2. The molecule has 0 aliphatic carbocycles. The van der Waals surface area contributed by atoms with E-state index in [4.69, 9.17) is 4.42 Å². The zero-order valence-electron chi connectivity index (χ0n) is 10.6. The molecule has 2 aromatic rings. The maximum Gasteiger partial charge on any atom is 0.268 e. The highest BCUT2D eigenvalue weighted by atomic mass is 16.3. The molecule has 0 spiro atoms. The van der Waals surface area contributed by atoms with Crippen molar-refractivity contribution in [2.45, 2.75) is 6.54 Å². The maximum absolute atomic E-state index is 11.7. The van der Waals surface area contributed by atoms with E-state index in [0.717, 1.165) is 0 Å². The van der Waals surface area contributed by atoms with Crippen LogP contribution in [0.4, 0.5) is 0 Å². The van der Waals surface area contributed by atoms with Crippen molar-refractivity contribution >= 4 is 11.8 Å². The van der Waals surface area contributed by atoms with Gasteiger partial charge < -0.3 is 19.6 Å². The van der Waals surface area contributed by atoms with E-state index < -0.39 is 0 Å². The first kappa shape index (κ1) is 12.9. The number of furan rings is 1. The fourth-order valence-electron chi connectivity index (χ4n) is 1.61. The number of aryl methyl sites for hydroxylation is 1. The van der Waals surface area contributed by atoms with Crippen LogP contribution < -0.4 is 10.6 Å². The molecule has 2 aromatic heterocycles. The summed E-state index contributed by atoms with van der Waals surface area (Å²) >= 11 is 0. The normalized spacial score (nSPS) is 10.2. The van der Waals surface area contributed by atoms with Crippen LogP contribution in [0.1, 0.15) is 16.2 Å². The lowest BCUT2D eigenvalue weighted by molar-refractivity contribution is -0.120. The van der Waals surface area contributed by atoms with Gasteiger partial charge in [-0.3, -0.25) is 9.59 Å². The van der Waals surface area contributed by atoms with Crippen LogP contribution in [0, 0.1) is 0 Å². The van der Waals surface area contributed by atoms with Crippen LogP contribution in [0.2, 0.25) is 0 Å². The van der Waals surface area contributed by atoms with Crippen molar-refractivity contribution < 1.29 is 14.0 Å². The van der Waals surface area contributed by atoms with Crippen LogP contribution >= 0.6 is 0 Å². The molecule has 100 valence electrons. The first-order chi connectivity index (χ1) is 9.16. The van der Waals surface area contributed by atoms with Crippen LogP contribution in [0.25, 0.3) is 0 Å². The summed E-state index contributed by atoms with van der Waals surface area (Å²) in [4.78, 5) is 23.3. The molecule has 0 aliphatic heterocycles. The molecule has 0 radical (unpaired) electrons. The summed E-state index contributed by atoms with van der Waals surface area (Å²) < 4.78 is 6.77. The molecule has 0 atom stereocenters. The van der Waals surface area contributed by atoms with Gasteiger partial charge in [-0.2, -0.15) is 0 Å². The largest absolute Gasteiger partial charge is 0.467 e. The van der Waals surface area contributed by atoms with Crippen molar-refractivity contribution in [1.29, 1.82) is 0 Å². The minimum atomic E-state index is -0.277.